The van der Waals surface area contributed by atoms with Gasteiger partial charge in [-0.1, -0.05) is 6.92 Å². The third-order valence-corrected chi connectivity index (χ3v) is 3.76. The van der Waals surface area contributed by atoms with E-state index in [0.29, 0.717) is 18.1 Å². The summed E-state index contributed by atoms with van der Waals surface area (Å²) in [4.78, 5) is 2.39. The molecule has 3 nitrogen and oxygen atoms in total. The first-order valence-electron chi connectivity index (χ1n) is 6.02. The van der Waals surface area contributed by atoms with Crippen molar-refractivity contribution in [3.63, 3.8) is 0 Å². The lowest BCUT2D eigenvalue weighted by molar-refractivity contribution is 0.0583. The molecule has 0 heterocycles. The highest BCUT2D eigenvalue weighted by atomic mass is 16.5. The Kier molecular flexibility index (Phi) is 5.03. The summed E-state index contributed by atoms with van der Waals surface area (Å²) in [6.45, 7) is 5.32. The standard InChI is InChI=1S/C12H26N2O/c1-9-5-6-11(13)12(7-9)14(3)10(2)8-15-4/h9-12H,5-8,13H2,1-4H3. The van der Waals surface area contributed by atoms with Crippen LogP contribution in [0.4, 0.5) is 0 Å². The van der Waals surface area contributed by atoms with Crippen LogP contribution < -0.4 is 5.73 Å². The van der Waals surface area contributed by atoms with Gasteiger partial charge in [0.1, 0.15) is 0 Å². The van der Waals surface area contributed by atoms with Crippen molar-refractivity contribution in [2.75, 3.05) is 20.8 Å². The largest absolute Gasteiger partial charge is 0.383 e. The molecule has 0 saturated heterocycles. The molecule has 1 rings (SSSR count). The highest BCUT2D eigenvalue weighted by Crippen LogP contribution is 2.27. The molecular formula is C12H26N2O. The van der Waals surface area contributed by atoms with Crippen LogP contribution in [0.25, 0.3) is 0 Å². The first kappa shape index (κ1) is 12.9. The number of nitrogens with zero attached hydrogens (tertiary/aromatic N) is 1. The highest BCUT2D eigenvalue weighted by molar-refractivity contribution is 4.88. The van der Waals surface area contributed by atoms with E-state index in [9.17, 15) is 0 Å². The maximum absolute atomic E-state index is 6.19. The molecule has 4 unspecified atom stereocenters. The van der Waals surface area contributed by atoms with Gasteiger partial charge < -0.3 is 10.5 Å². The summed E-state index contributed by atoms with van der Waals surface area (Å²) in [6, 6.07) is 1.32. The van der Waals surface area contributed by atoms with Crippen LogP contribution in [0.2, 0.25) is 0 Å². The van der Waals surface area contributed by atoms with Crippen LogP contribution in [0.15, 0.2) is 0 Å². The number of methoxy groups -OCH3 is 1. The van der Waals surface area contributed by atoms with Gasteiger partial charge in [-0.2, -0.15) is 0 Å². The van der Waals surface area contributed by atoms with Crippen molar-refractivity contribution in [2.24, 2.45) is 11.7 Å². The number of likely N-dealkylation sites (N-methyl/N-ethyl adjacent to an activating group) is 1. The summed E-state index contributed by atoms with van der Waals surface area (Å²) >= 11 is 0. The Labute approximate surface area is 94.0 Å². The molecular weight excluding hydrogens is 188 g/mol. The molecule has 3 heteroatoms. The Morgan fingerprint density at radius 2 is 2.13 bits per heavy atom. The van der Waals surface area contributed by atoms with Gasteiger partial charge in [0, 0.05) is 25.2 Å². The highest BCUT2D eigenvalue weighted by Gasteiger charge is 2.30. The summed E-state index contributed by atoms with van der Waals surface area (Å²) in [5.74, 6) is 0.812. The van der Waals surface area contributed by atoms with Crippen molar-refractivity contribution in [2.45, 2.75) is 51.2 Å². The Hall–Kier alpha value is -0.120. The molecule has 1 saturated carbocycles. The Morgan fingerprint density at radius 1 is 1.47 bits per heavy atom. The maximum atomic E-state index is 6.19. The topological polar surface area (TPSA) is 38.5 Å². The third kappa shape index (κ3) is 3.44. The van der Waals surface area contributed by atoms with Crippen LogP contribution in [-0.2, 0) is 4.74 Å². The normalized spacial score (nSPS) is 34.4. The zero-order valence-electron chi connectivity index (χ0n) is 10.6. The van der Waals surface area contributed by atoms with Crippen molar-refractivity contribution < 1.29 is 4.74 Å². The quantitative estimate of drug-likeness (QED) is 0.770. The van der Waals surface area contributed by atoms with Gasteiger partial charge >= 0.3 is 0 Å². The van der Waals surface area contributed by atoms with Gasteiger partial charge in [-0.3, -0.25) is 4.90 Å². The van der Waals surface area contributed by atoms with E-state index < -0.39 is 0 Å². The molecule has 1 aliphatic rings. The molecule has 0 aromatic heterocycles. The molecule has 4 atom stereocenters. The summed E-state index contributed by atoms with van der Waals surface area (Å²) < 4.78 is 5.20. The van der Waals surface area contributed by atoms with Crippen molar-refractivity contribution >= 4 is 0 Å². The second-order valence-corrected chi connectivity index (χ2v) is 5.12. The van der Waals surface area contributed by atoms with Gasteiger partial charge in [0.05, 0.1) is 6.61 Å². The second kappa shape index (κ2) is 5.83. The molecule has 90 valence electrons. The van der Waals surface area contributed by atoms with Crippen molar-refractivity contribution in [1.82, 2.24) is 4.90 Å². The zero-order valence-corrected chi connectivity index (χ0v) is 10.6. The van der Waals surface area contributed by atoms with E-state index >= 15 is 0 Å². The van der Waals surface area contributed by atoms with Crippen LogP contribution in [-0.4, -0.2) is 43.8 Å². The number of rotatable bonds is 4. The van der Waals surface area contributed by atoms with Gasteiger partial charge in [0.2, 0.25) is 0 Å². The van der Waals surface area contributed by atoms with Crippen LogP contribution in [0.5, 0.6) is 0 Å². The van der Waals surface area contributed by atoms with E-state index in [0.717, 1.165) is 18.9 Å². The summed E-state index contributed by atoms with van der Waals surface area (Å²) in [7, 11) is 3.93. The fourth-order valence-corrected chi connectivity index (χ4v) is 2.53. The third-order valence-electron chi connectivity index (χ3n) is 3.76. The molecule has 0 amide bonds. The Balaban J connectivity index is 2.51. The lowest BCUT2D eigenvalue weighted by Crippen LogP contribution is -2.53. The van der Waals surface area contributed by atoms with Crippen LogP contribution in [0.1, 0.15) is 33.1 Å². The number of hydrogen-bond donors (Lipinski definition) is 1. The summed E-state index contributed by atoms with van der Waals surface area (Å²) in [6.07, 6.45) is 3.67. The fraction of sp³-hybridized carbons (Fsp3) is 1.00. The number of ether oxygens (including phenoxy) is 1. The minimum atomic E-state index is 0.338. The fourth-order valence-electron chi connectivity index (χ4n) is 2.53. The Bertz CT molecular complexity index is 186. The van der Waals surface area contributed by atoms with Gasteiger partial charge in [-0.15, -0.1) is 0 Å². The molecule has 0 aromatic rings. The Morgan fingerprint density at radius 3 is 2.73 bits per heavy atom. The molecule has 0 radical (unpaired) electrons. The van der Waals surface area contributed by atoms with E-state index in [4.69, 9.17) is 10.5 Å². The monoisotopic (exact) mass is 214 g/mol. The first-order valence-corrected chi connectivity index (χ1v) is 6.02. The predicted octanol–water partition coefficient (Wildman–Crippen LogP) is 1.47. The predicted molar refractivity (Wildman–Crippen MR) is 63.9 cm³/mol. The van der Waals surface area contributed by atoms with Crippen LogP contribution in [0.3, 0.4) is 0 Å². The smallest absolute Gasteiger partial charge is 0.0615 e. The molecule has 1 fully saturated rings. The lowest BCUT2D eigenvalue weighted by atomic mass is 9.83. The van der Waals surface area contributed by atoms with Crippen molar-refractivity contribution in [3.05, 3.63) is 0 Å². The molecule has 15 heavy (non-hydrogen) atoms. The van der Waals surface area contributed by atoms with Crippen molar-refractivity contribution in [3.8, 4) is 0 Å². The van der Waals surface area contributed by atoms with Crippen LogP contribution >= 0.6 is 0 Å². The molecule has 0 bridgehead atoms. The van der Waals surface area contributed by atoms with Crippen molar-refractivity contribution in [1.29, 1.82) is 0 Å². The second-order valence-electron chi connectivity index (χ2n) is 5.12. The summed E-state index contributed by atoms with van der Waals surface area (Å²) in [5, 5.41) is 0. The van der Waals surface area contributed by atoms with E-state index in [1.165, 1.54) is 12.8 Å². The average molecular weight is 214 g/mol. The molecule has 0 aliphatic heterocycles. The SMILES string of the molecule is COCC(C)N(C)C1CC(C)CCC1N. The minimum Gasteiger partial charge on any atom is -0.383 e. The van der Waals surface area contributed by atoms with E-state index in [1.54, 1.807) is 7.11 Å². The van der Waals surface area contributed by atoms with Gasteiger partial charge in [0.25, 0.3) is 0 Å². The average Bonchev–Trinajstić information content (AvgIpc) is 2.21. The molecule has 1 aliphatic carbocycles. The van der Waals surface area contributed by atoms with Crippen LogP contribution in [0, 0.1) is 5.92 Å². The number of hydrogen-bond acceptors (Lipinski definition) is 3. The molecule has 0 spiro atoms. The zero-order chi connectivity index (χ0) is 11.4. The first-order chi connectivity index (χ1) is 7.06. The molecule has 2 N–H and O–H groups in total. The van der Waals surface area contributed by atoms with E-state index in [2.05, 4.69) is 25.8 Å². The van der Waals surface area contributed by atoms with Gasteiger partial charge in [-0.05, 0) is 39.2 Å². The van der Waals surface area contributed by atoms with Gasteiger partial charge in [0.15, 0.2) is 0 Å². The molecule has 0 aromatic carbocycles. The van der Waals surface area contributed by atoms with E-state index in [-0.39, 0.29) is 0 Å². The van der Waals surface area contributed by atoms with Gasteiger partial charge in [-0.25, -0.2) is 0 Å². The lowest BCUT2D eigenvalue weighted by Gasteiger charge is -2.41. The number of nitrogens with two attached hydrogens (primary N) is 1. The summed E-state index contributed by atoms with van der Waals surface area (Å²) in [5.41, 5.74) is 6.19. The minimum absolute atomic E-state index is 0.338. The maximum Gasteiger partial charge on any atom is 0.0615 e. The van der Waals surface area contributed by atoms with E-state index in [1.807, 2.05) is 0 Å².